The molecule has 1 unspecified atom stereocenters. The highest BCUT2D eigenvalue weighted by molar-refractivity contribution is 5.93. The van der Waals surface area contributed by atoms with E-state index in [2.05, 4.69) is 44.9 Å². The molecule has 0 spiro atoms. The third kappa shape index (κ3) is 3.66. The summed E-state index contributed by atoms with van der Waals surface area (Å²) in [4.78, 5) is 14.8. The van der Waals surface area contributed by atoms with Gasteiger partial charge >= 0.3 is 0 Å². The average molecular weight is 373 g/mol. The molecule has 0 saturated heterocycles. The monoisotopic (exact) mass is 372 g/mol. The SMILES string of the molecule is CCn1nc(C)c(CN(C)C(=O)c2noc3c2CC(C(C)(C)C)CC3)c1C. The number of carbonyl (C=O) groups excluding carboxylic acids is 1. The van der Waals surface area contributed by atoms with E-state index in [0.717, 1.165) is 54.1 Å². The molecule has 1 aliphatic carbocycles. The van der Waals surface area contributed by atoms with E-state index in [1.807, 2.05) is 18.7 Å². The molecule has 0 bridgehead atoms. The molecule has 0 aromatic carbocycles. The first-order valence-electron chi connectivity index (χ1n) is 9.89. The first-order chi connectivity index (χ1) is 12.6. The average Bonchev–Trinajstić information content (AvgIpc) is 3.15. The lowest BCUT2D eigenvalue weighted by Gasteiger charge is -2.33. The molecule has 6 nitrogen and oxygen atoms in total. The van der Waals surface area contributed by atoms with Crippen LogP contribution in [0.3, 0.4) is 0 Å². The molecule has 6 heteroatoms. The van der Waals surface area contributed by atoms with Crippen molar-refractivity contribution in [1.29, 1.82) is 0 Å². The molecule has 0 radical (unpaired) electrons. The summed E-state index contributed by atoms with van der Waals surface area (Å²) in [6.45, 7) is 14.3. The van der Waals surface area contributed by atoms with Gasteiger partial charge in [0, 0.05) is 43.4 Å². The molecule has 148 valence electrons. The highest BCUT2D eigenvalue weighted by Crippen LogP contribution is 2.38. The Morgan fingerprint density at radius 3 is 2.63 bits per heavy atom. The van der Waals surface area contributed by atoms with Gasteiger partial charge in [-0.15, -0.1) is 0 Å². The normalized spacial score (nSPS) is 17.1. The summed E-state index contributed by atoms with van der Waals surface area (Å²) in [6, 6.07) is 0. The van der Waals surface area contributed by atoms with E-state index in [0.29, 0.717) is 18.2 Å². The van der Waals surface area contributed by atoms with E-state index < -0.39 is 0 Å². The van der Waals surface area contributed by atoms with Crippen molar-refractivity contribution in [1.82, 2.24) is 19.8 Å². The highest BCUT2D eigenvalue weighted by atomic mass is 16.5. The molecule has 0 saturated carbocycles. The topological polar surface area (TPSA) is 64.2 Å². The Labute approximate surface area is 161 Å². The van der Waals surface area contributed by atoms with Gasteiger partial charge in [0.05, 0.1) is 5.69 Å². The molecule has 2 aromatic heterocycles. The van der Waals surface area contributed by atoms with Crippen LogP contribution in [0, 0.1) is 25.2 Å². The van der Waals surface area contributed by atoms with Crippen molar-refractivity contribution in [2.75, 3.05) is 7.05 Å². The maximum absolute atomic E-state index is 13.1. The van der Waals surface area contributed by atoms with Crippen LogP contribution in [0.25, 0.3) is 0 Å². The number of rotatable bonds is 4. The minimum Gasteiger partial charge on any atom is -0.360 e. The molecule has 1 aliphatic rings. The lowest BCUT2D eigenvalue weighted by molar-refractivity contribution is 0.0772. The van der Waals surface area contributed by atoms with Crippen LogP contribution in [0.2, 0.25) is 0 Å². The minimum absolute atomic E-state index is 0.0717. The number of fused-ring (bicyclic) bond motifs is 1. The van der Waals surface area contributed by atoms with E-state index in [-0.39, 0.29) is 11.3 Å². The van der Waals surface area contributed by atoms with Crippen LogP contribution >= 0.6 is 0 Å². The molecule has 2 aromatic rings. The fourth-order valence-electron chi connectivity index (χ4n) is 4.07. The predicted molar refractivity (Wildman–Crippen MR) is 105 cm³/mol. The summed E-state index contributed by atoms with van der Waals surface area (Å²) in [5, 5.41) is 8.71. The standard InChI is InChI=1S/C21H32N4O2/c1-8-25-14(3)17(13(2)22-25)12-24(7)20(26)19-16-11-15(21(4,5)6)9-10-18(16)27-23-19/h15H,8-12H2,1-7H3. The van der Waals surface area contributed by atoms with Gasteiger partial charge in [-0.05, 0) is 44.9 Å². The maximum atomic E-state index is 13.1. The Bertz CT molecular complexity index is 841. The number of hydrogen-bond donors (Lipinski definition) is 0. The van der Waals surface area contributed by atoms with Crippen LogP contribution in [0.15, 0.2) is 4.52 Å². The second kappa shape index (κ2) is 7.13. The summed E-state index contributed by atoms with van der Waals surface area (Å²) in [5.41, 5.74) is 4.91. The van der Waals surface area contributed by atoms with Crippen molar-refractivity contribution in [2.45, 2.75) is 73.9 Å². The van der Waals surface area contributed by atoms with Gasteiger partial charge in [-0.3, -0.25) is 9.48 Å². The number of amides is 1. The lowest BCUT2D eigenvalue weighted by atomic mass is 9.71. The summed E-state index contributed by atoms with van der Waals surface area (Å²) in [5.74, 6) is 1.35. The number of hydrogen-bond acceptors (Lipinski definition) is 4. The number of aromatic nitrogens is 3. The highest BCUT2D eigenvalue weighted by Gasteiger charge is 2.35. The van der Waals surface area contributed by atoms with Gasteiger partial charge in [0.25, 0.3) is 5.91 Å². The molecule has 1 amide bonds. The van der Waals surface area contributed by atoms with Crippen molar-refractivity contribution in [2.24, 2.45) is 11.3 Å². The summed E-state index contributed by atoms with van der Waals surface area (Å²) in [7, 11) is 1.83. The largest absolute Gasteiger partial charge is 0.360 e. The zero-order chi connectivity index (χ0) is 19.9. The fourth-order valence-corrected chi connectivity index (χ4v) is 4.07. The van der Waals surface area contributed by atoms with Gasteiger partial charge < -0.3 is 9.42 Å². The molecule has 3 rings (SSSR count). The van der Waals surface area contributed by atoms with E-state index >= 15 is 0 Å². The second-order valence-corrected chi connectivity index (χ2v) is 8.87. The number of nitrogens with zero attached hydrogens (tertiary/aromatic N) is 4. The van der Waals surface area contributed by atoms with Gasteiger partial charge in [-0.25, -0.2) is 0 Å². The molecule has 2 heterocycles. The van der Waals surface area contributed by atoms with Crippen LogP contribution in [-0.4, -0.2) is 32.8 Å². The molecule has 0 fully saturated rings. The van der Waals surface area contributed by atoms with Crippen molar-refractivity contribution in [3.8, 4) is 0 Å². The van der Waals surface area contributed by atoms with Crippen LogP contribution in [0.4, 0.5) is 0 Å². The van der Waals surface area contributed by atoms with Crippen LogP contribution in [0.1, 0.15) is 72.9 Å². The molecular formula is C21H32N4O2. The Hall–Kier alpha value is -2.11. The zero-order valence-corrected chi connectivity index (χ0v) is 17.7. The Morgan fingerprint density at radius 1 is 1.33 bits per heavy atom. The van der Waals surface area contributed by atoms with Crippen molar-refractivity contribution < 1.29 is 9.32 Å². The van der Waals surface area contributed by atoms with Gasteiger partial charge in [0.15, 0.2) is 5.69 Å². The summed E-state index contributed by atoms with van der Waals surface area (Å²) < 4.78 is 7.51. The zero-order valence-electron chi connectivity index (χ0n) is 17.7. The van der Waals surface area contributed by atoms with Crippen molar-refractivity contribution >= 4 is 5.91 Å². The molecule has 0 aliphatic heterocycles. The van der Waals surface area contributed by atoms with E-state index in [1.54, 1.807) is 4.90 Å². The van der Waals surface area contributed by atoms with Gasteiger partial charge in [-0.1, -0.05) is 25.9 Å². The van der Waals surface area contributed by atoms with Crippen molar-refractivity contribution in [3.05, 3.63) is 34.0 Å². The maximum Gasteiger partial charge on any atom is 0.276 e. The second-order valence-electron chi connectivity index (χ2n) is 8.87. The van der Waals surface area contributed by atoms with Crippen LogP contribution in [0.5, 0.6) is 0 Å². The van der Waals surface area contributed by atoms with E-state index in [1.165, 1.54) is 0 Å². The lowest BCUT2D eigenvalue weighted by Crippen LogP contribution is -2.30. The Morgan fingerprint density at radius 2 is 2.04 bits per heavy atom. The predicted octanol–water partition coefficient (Wildman–Crippen LogP) is 3.93. The molecule has 1 atom stereocenters. The van der Waals surface area contributed by atoms with E-state index in [9.17, 15) is 4.79 Å². The van der Waals surface area contributed by atoms with Gasteiger partial charge in [0.1, 0.15) is 5.76 Å². The molecular weight excluding hydrogens is 340 g/mol. The Kier molecular flexibility index (Phi) is 5.19. The smallest absolute Gasteiger partial charge is 0.276 e. The molecule has 0 N–H and O–H groups in total. The van der Waals surface area contributed by atoms with Crippen LogP contribution in [-0.2, 0) is 25.9 Å². The van der Waals surface area contributed by atoms with E-state index in [4.69, 9.17) is 4.52 Å². The molecule has 27 heavy (non-hydrogen) atoms. The summed E-state index contributed by atoms with van der Waals surface area (Å²) in [6.07, 6.45) is 2.82. The Balaban J connectivity index is 1.81. The quantitative estimate of drug-likeness (QED) is 0.816. The van der Waals surface area contributed by atoms with Crippen molar-refractivity contribution in [3.63, 3.8) is 0 Å². The van der Waals surface area contributed by atoms with Gasteiger partial charge in [-0.2, -0.15) is 5.10 Å². The number of carbonyl (C=O) groups is 1. The third-order valence-corrected chi connectivity index (χ3v) is 6.04. The van der Waals surface area contributed by atoms with Crippen LogP contribution < -0.4 is 0 Å². The van der Waals surface area contributed by atoms with Gasteiger partial charge in [0.2, 0.25) is 0 Å². The first kappa shape index (κ1) is 19.6. The fraction of sp³-hybridized carbons (Fsp3) is 0.667. The third-order valence-electron chi connectivity index (χ3n) is 6.04. The first-order valence-corrected chi connectivity index (χ1v) is 9.89. The number of aryl methyl sites for hydroxylation is 3. The summed E-state index contributed by atoms with van der Waals surface area (Å²) >= 11 is 0. The minimum atomic E-state index is -0.0717.